The lowest BCUT2D eigenvalue weighted by atomic mass is 9.88. The third-order valence-corrected chi connectivity index (χ3v) is 2.96. The van der Waals surface area contributed by atoms with Crippen LogP contribution in [0.2, 0.25) is 0 Å². The second-order valence-electron chi connectivity index (χ2n) is 4.64. The zero-order valence-electron chi connectivity index (χ0n) is 10.6. The Hall–Kier alpha value is -0.600. The van der Waals surface area contributed by atoms with E-state index in [9.17, 15) is 0 Å². The van der Waals surface area contributed by atoms with Crippen LogP contribution in [0.4, 0.5) is 0 Å². The van der Waals surface area contributed by atoms with E-state index in [0.717, 1.165) is 6.42 Å². The molecule has 0 amide bonds. The second-order valence-corrected chi connectivity index (χ2v) is 4.64. The van der Waals surface area contributed by atoms with Crippen LogP contribution in [0.15, 0.2) is 24.3 Å². The Kier molecular flexibility index (Phi) is 5.84. The van der Waals surface area contributed by atoms with Crippen LogP contribution in [-0.4, -0.2) is 5.66 Å². The summed E-state index contributed by atoms with van der Waals surface area (Å²) in [5.41, 5.74) is 12.8. The molecule has 0 saturated heterocycles. The summed E-state index contributed by atoms with van der Waals surface area (Å²) < 4.78 is 0. The molecular weight excluding hydrogens is 184 g/mol. The highest BCUT2D eigenvalue weighted by Gasteiger charge is 2.24. The van der Waals surface area contributed by atoms with Gasteiger partial charge in [-0.15, -0.1) is 6.58 Å². The molecule has 2 heteroatoms. The van der Waals surface area contributed by atoms with Crippen molar-refractivity contribution in [2.45, 2.75) is 46.2 Å². The van der Waals surface area contributed by atoms with Gasteiger partial charge in [-0.3, -0.25) is 0 Å². The minimum atomic E-state index is -0.670. The van der Waals surface area contributed by atoms with Gasteiger partial charge in [0.15, 0.2) is 0 Å². The Balaban J connectivity index is 4.69. The fraction of sp³-hybridized carbons (Fsp3) is 0.692. The predicted molar refractivity (Wildman–Crippen MR) is 68.3 cm³/mol. The summed E-state index contributed by atoms with van der Waals surface area (Å²) in [6.45, 7) is 12.3. The maximum Gasteiger partial charge on any atom is 0.0733 e. The van der Waals surface area contributed by atoms with Crippen molar-refractivity contribution in [3.63, 3.8) is 0 Å². The van der Waals surface area contributed by atoms with Crippen molar-refractivity contribution in [3.8, 4) is 0 Å². The van der Waals surface area contributed by atoms with Gasteiger partial charge < -0.3 is 11.5 Å². The summed E-state index contributed by atoms with van der Waals surface area (Å²) in [5.74, 6) is 0.741. The molecule has 0 spiro atoms. The number of hydrogen-bond donors (Lipinski definition) is 2. The number of rotatable bonds is 6. The van der Waals surface area contributed by atoms with Gasteiger partial charge in [-0.2, -0.15) is 0 Å². The van der Waals surface area contributed by atoms with Crippen LogP contribution in [0, 0.1) is 11.8 Å². The molecule has 0 aliphatic rings. The molecule has 0 unspecified atom stereocenters. The van der Waals surface area contributed by atoms with Crippen LogP contribution in [0.25, 0.3) is 0 Å². The van der Waals surface area contributed by atoms with E-state index in [1.807, 2.05) is 0 Å². The molecule has 0 heterocycles. The molecule has 4 N–H and O–H groups in total. The smallest absolute Gasteiger partial charge is 0.0733 e. The highest BCUT2D eigenvalue weighted by Crippen LogP contribution is 2.21. The molecule has 15 heavy (non-hydrogen) atoms. The van der Waals surface area contributed by atoms with Crippen LogP contribution >= 0.6 is 0 Å². The molecule has 0 rings (SSSR count). The molecule has 0 aromatic carbocycles. The van der Waals surface area contributed by atoms with Gasteiger partial charge in [-0.1, -0.05) is 45.4 Å². The van der Waals surface area contributed by atoms with Crippen LogP contribution in [0.5, 0.6) is 0 Å². The molecule has 0 aliphatic carbocycles. The van der Waals surface area contributed by atoms with Crippen LogP contribution in [0.1, 0.15) is 40.5 Å². The summed E-state index contributed by atoms with van der Waals surface area (Å²) >= 11 is 0. The van der Waals surface area contributed by atoms with E-state index in [-0.39, 0.29) is 5.92 Å². The van der Waals surface area contributed by atoms with Crippen molar-refractivity contribution in [1.29, 1.82) is 0 Å². The Labute approximate surface area is 94.4 Å². The highest BCUT2D eigenvalue weighted by atomic mass is 15.0. The molecule has 0 aliphatic heterocycles. The first kappa shape index (κ1) is 14.4. The molecule has 0 aromatic rings. The van der Waals surface area contributed by atoms with Gasteiger partial charge in [0, 0.05) is 5.92 Å². The Morgan fingerprint density at radius 3 is 2.20 bits per heavy atom. The van der Waals surface area contributed by atoms with Gasteiger partial charge in [-0.25, -0.2) is 0 Å². The number of hydrogen-bond acceptors (Lipinski definition) is 2. The topological polar surface area (TPSA) is 52.0 Å². The molecule has 0 bridgehead atoms. The summed E-state index contributed by atoms with van der Waals surface area (Å²) in [5, 5.41) is 0. The molecular formula is C13H26N2. The number of nitrogens with two attached hydrogens (primary N) is 2. The average molecular weight is 210 g/mol. The van der Waals surface area contributed by atoms with E-state index >= 15 is 0 Å². The Bertz CT molecular complexity index is 227. The lowest BCUT2D eigenvalue weighted by Gasteiger charge is -2.29. The first-order chi connectivity index (χ1) is 6.85. The third-order valence-electron chi connectivity index (χ3n) is 2.96. The second kappa shape index (κ2) is 6.09. The molecule has 0 aromatic heterocycles. The van der Waals surface area contributed by atoms with Gasteiger partial charge in [0.05, 0.1) is 5.66 Å². The van der Waals surface area contributed by atoms with Crippen molar-refractivity contribution < 1.29 is 0 Å². The van der Waals surface area contributed by atoms with E-state index in [0.29, 0.717) is 12.3 Å². The van der Waals surface area contributed by atoms with Crippen LogP contribution in [-0.2, 0) is 0 Å². The van der Waals surface area contributed by atoms with Crippen molar-refractivity contribution in [1.82, 2.24) is 0 Å². The third kappa shape index (κ3) is 4.63. The quantitative estimate of drug-likeness (QED) is 0.523. The SMILES string of the molecule is C=CCC(N)(N)[C@@H](C)/C=C(/CC)C(C)C. The molecule has 0 radical (unpaired) electrons. The monoisotopic (exact) mass is 210 g/mol. The molecule has 1 atom stereocenters. The zero-order chi connectivity index (χ0) is 12.1. The highest BCUT2D eigenvalue weighted by molar-refractivity contribution is 5.10. The molecule has 0 saturated carbocycles. The maximum absolute atomic E-state index is 6.04. The van der Waals surface area contributed by atoms with E-state index in [1.54, 1.807) is 6.08 Å². The normalized spacial score (nSPS) is 15.5. The van der Waals surface area contributed by atoms with Gasteiger partial charge in [-0.05, 0) is 18.8 Å². The number of allylic oxidation sites excluding steroid dienone is 1. The largest absolute Gasteiger partial charge is 0.313 e. The Morgan fingerprint density at radius 1 is 1.33 bits per heavy atom. The lowest BCUT2D eigenvalue weighted by molar-refractivity contribution is 0.351. The minimum Gasteiger partial charge on any atom is -0.313 e. The minimum absolute atomic E-state index is 0.174. The van der Waals surface area contributed by atoms with E-state index in [1.165, 1.54) is 5.57 Å². The average Bonchev–Trinajstić information content (AvgIpc) is 2.12. The van der Waals surface area contributed by atoms with Crippen LogP contribution < -0.4 is 11.5 Å². The fourth-order valence-corrected chi connectivity index (χ4v) is 1.63. The first-order valence-corrected chi connectivity index (χ1v) is 5.74. The molecule has 2 nitrogen and oxygen atoms in total. The summed E-state index contributed by atoms with van der Waals surface area (Å²) in [7, 11) is 0. The van der Waals surface area contributed by atoms with Crippen molar-refractivity contribution in [2.24, 2.45) is 23.3 Å². The van der Waals surface area contributed by atoms with Gasteiger partial charge in [0.25, 0.3) is 0 Å². The van der Waals surface area contributed by atoms with Crippen LogP contribution in [0.3, 0.4) is 0 Å². The van der Waals surface area contributed by atoms with Crippen molar-refractivity contribution in [3.05, 3.63) is 24.3 Å². The van der Waals surface area contributed by atoms with Gasteiger partial charge >= 0.3 is 0 Å². The molecule has 88 valence electrons. The first-order valence-electron chi connectivity index (χ1n) is 5.74. The fourth-order valence-electron chi connectivity index (χ4n) is 1.63. The standard InChI is InChI=1S/C13H26N2/c1-6-8-13(14,15)11(5)9-12(7-2)10(3)4/h6,9-11H,1,7-8,14-15H2,2-5H3/b12-9-/t11-/m0/s1. The summed E-state index contributed by atoms with van der Waals surface area (Å²) in [6.07, 6.45) is 5.70. The van der Waals surface area contributed by atoms with E-state index in [2.05, 4.69) is 40.3 Å². The van der Waals surface area contributed by atoms with E-state index in [4.69, 9.17) is 11.5 Å². The summed E-state index contributed by atoms with van der Waals surface area (Å²) in [6, 6.07) is 0. The van der Waals surface area contributed by atoms with Gasteiger partial charge in [0.2, 0.25) is 0 Å². The summed E-state index contributed by atoms with van der Waals surface area (Å²) in [4.78, 5) is 0. The van der Waals surface area contributed by atoms with Gasteiger partial charge in [0.1, 0.15) is 0 Å². The van der Waals surface area contributed by atoms with Crippen molar-refractivity contribution in [2.75, 3.05) is 0 Å². The van der Waals surface area contributed by atoms with Crippen molar-refractivity contribution >= 4 is 0 Å². The zero-order valence-corrected chi connectivity index (χ0v) is 10.6. The predicted octanol–water partition coefficient (Wildman–Crippen LogP) is 2.80. The Morgan fingerprint density at radius 2 is 1.87 bits per heavy atom. The maximum atomic E-state index is 6.04. The lowest BCUT2D eigenvalue weighted by Crippen LogP contribution is -2.53. The van der Waals surface area contributed by atoms with E-state index < -0.39 is 5.66 Å². The molecule has 0 fully saturated rings.